The van der Waals surface area contributed by atoms with Crippen LogP contribution in [0.3, 0.4) is 0 Å². The lowest BCUT2D eigenvalue weighted by Crippen LogP contribution is -2.53. The van der Waals surface area contributed by atoms with Crippen LogP contribution in [0.2, 0.25) is 0 Å². The van der Waals surface area contributed by atoms with Gasteiger partial charge >= 0.3 is 11.9 Å². The molecule has 2 aliphatic rings. The average Bonchev–Trinajstić information content (AvgIpc) is 3.13. The van der Waals surface area contributed by atoms with Gasteiger partial charge in [0.1, 0.15) is 23.9 Å². The van der Waals surface area contributed by atoms with E-state index in [0.29, 0.717) is 38.2 Å². The maximum Gasteiger partial charge on any atom is 0.433 e. The summed E-state index contributed by atoms with van der Waals surface area (Å²) in [6.45, 7) is 3.61. The van der Waals surface area contributed by atoms with Gasteiger partial charge in [-0.1, -0.05) is 0 Å². The van der Waals surface area contributed by atoms with Gasteiger partial charge in [-0.05, 0) is 30.7 Å². The SMILES string of the molecule is CC12COCCN1c1cc(OCc3cc(F)c(Oc4ccnc(C(F)(F)F)c4)c(F)c3)nc(=O)n1C2. The number of benzene rings is 1. The maximum atomic E-state index is 14.6. The standard InChI is InChI=1S/C23H19F5N4O4/c1-22-11-31-19(32(22)4-5-34-12-22)9-18(30-21(31)33)35-10-13-6-15(24)20(16(25)7-13)36-14-2-3-29-17(8-14)23(26,27)28/h2-3,6-9H,4-5,10-12H2,1H3. The summed E-state index contributed by atoms with van der Waals surface area (Å²) in [5.74, 6) is -3.00. The maximum absolute atomic E-state index is 14.6. The Morgan fingerprint density at radius 3 is 2.64 bits per heavy atom. The minimum atomic E-state index is -4.74. The lowest BCUT2D eigenvalue weighted by molar-refractivity contribution is -0.141. The Labute approximate surface area is 200 Å². The normalized spacial score (nSPS) is 19.1. The topological polar surface area (TPSA) is 78.7 Å². The third-order valence-corrected chi connectivity index (χ3v) is 5.95. The van der Waals surface area contributed by atoms with Crippen LogP contribution in [0.1, 0.15) is 18.2 Å². The van der Waals surface area contributed by atoms with E-state index in [0.717, 1.165) is 24.4 Å². The Hall–Kier alpha value is -3.74. The minimum Gasteiger partial charge on any atom is -0.473 e. The first-order valence-corrected chi connectivity index (χ1v) is 10.8. The van der Waals surface area contributed by atoms with E-state index >= 15 is 0 Å². The molecule has 1 fully saturated rings. The number of halogens is 5. The van der Waals surface area contributed by atoms with E-state index in [1.54, 1.807) is 6.07 Å². The highest BCUT2D eigenvalue weighted by molar-refractivity contribution is 5.50. The molecule has 36 heavy (non-hydrogen) atoms. The zero-order chi connectivity index (χ0) is 25.7. The average molecular weight is 510 g/mol. The van der Waals surface area contributed by atoms with Gasteiger partial charge in [0.25, 0.3) is 0 Å². The van der Waals surface area contributed by atoms with Crippen molar-refractivity contribution < 1.29 is 36.2 Å². The van der Waals surface area contributed by atoms with Crippen LogP contribution < -0.4 is 20.1 Å². The summed E-state index contributed by atoms with van der Waals surface area (Å²) in [7, 11) is 0. The summed E-state index contributed by atoms with van der Waals surface area (Å²) in [5, 5.41) is 0. The second kappa shape index (κ2) is 8.73. The molecule has 0 amide bonds. The van der Waals surface area contributed by atoms with E-state index in [1.165, 1.54) is 4.57 Å². The Morgan fingerprint density at radius 2 is 1.92 bits per heavy atom. The predicted molar refractivity (Wildman–Crippen MR) is 115 cm³/mol. The molecule has 13 heteroatoms. The lowest BCUT2D eigenvalue weighted by Gasteiger charge is -2.39. The number of hydrogen-bond acceptors (Lipinski definition) is 7. The van der Waals surface area contributed by atoms with E-state index in [1.807, 2.05) is 11.8 Å². The number of fused-ring (bicyclic) bond motifs is 3. The molecule has 1 atom stereocenters. The molecular formula is C23H19F5N4O4. The summed E-state index contributed by atoms with van der Waals surface area (Å²) in [4.78, 5) is 21.7. The molecule has 8 nitrogen and oxygen atoms in total. The monoisotopic (exact) mass is 510 g/mol. The third-order valence-electron chi connectivity index (χ3n) is 5.95. The van der Waals surface area contributed by atoms with Crippen molar-refractivity contribution in [1.82, 2.24) is 14.5 Å². The van der Waals surface area contributed by atoms with Gasteiger partial charge in [0.2, 0.25) is 5.88 Å². The highest BCUT2D eigenvalue weighted by Gasteiger charge is 2.43. The van der Waals surface area contributed by atoms with Crippen molar-refractivity contribution in [3.8, 4) is 17.4 Å². The van der Waals surface area contributed by atoms with Crippen molar-refractivity contribution in [3.05, 3.63) is 69.9 Å². The molecule has 2 aromatic heterocycles. The van der Waals surface area contributed by atoms with Crippen molar-refractivity contribution in [2.45, 2.75) is 31.8 Å². The molecule has 1 unspecified atom stereocenters. The number of nitrogens with zero attached hydrogens (tertiary/aromatic N) is 4. The summed E-state index contributed by atoms with van der Waals surface area (Å²) in [5.41, 5.74) is -2.11. The van der Waals surface area contributed by atoms with E-state index < -0.39 is 40.7 Å². The molecule has 0 saturated carbocycles. The largest absolute Gasteiger partial charge is 0.473 e. The second-order valence-electron chi connectivity index (χ2n) is 8.68. The summed E-state index contributed by atoms with van der Waals surface area (Å²) in [6.07, 6.45) is -3.92. The van der Waals surface area contributed by atoms with Gasteiger partial charge in [0.15, 0.2) is 17.4 Å². The van der Waals surface area contributed by atoms with Crippen LogP contribution in [0.25, 0.3) is 0 Å². The molecular weight excluding hydrogens is 491 g/mol. The number of pyridine rings is 1. The van der Waals surface area contributed by atoms with Crippen LogP contribution >= 0.6 is 0 Å². The molecule has 190 valence electrons. The summed E-state index contributed by atoms with van der Waals surface area (Å²) < 4.78 is 85.3. The number of alkyl halides is 3. The minimum absolute atomic E-state index is 0.0143. The van der Waals surface area contributed by atoms with Gasteiger partial charge in [0.05, 0.1) is 25.3 Å². The van der Waals surface area contributed by atoms with E-state index in [-0.39, 0.29) is 23.6 Å². The molecule has 5 rings (SSSR count). The van der Waals surface area contributed by atoms with Crippen molar-refractivity contribution >= 4 is 5.82 Å². The van der Waals surface area contributed by atoms with Gasteiger partial charge in [-0.3, -0.25) is 9.55 Å². The number of aromatic nitrogens is 3. The van der Waals surface area contributed by atoms with Crippen molar-refractivity contribution in [2.75, 3.05) is 24.7 Å². The Morgan fingerprint density at radius 1 is 1.17 bits per heavy atom. The number of rotatable bonds is 5. The first-order chi connectivity index (χ1) is 17.0. The van der Waals surface area contributed by atoms with Crippen LogP contribution in [0.4, 0.5) is 27.8 Å². The van der Waals surface area contributed by atoms with Gasteiger partial charge in [0, 0.05) is 24.9 Å². The third kappa shape index (κ3) is 4.45. The number of morpholine rings is 1. The molecule has 4 heterocycles. The smallest absolute Gasteiger partial charge is 0.433 e. The van der Waals surface area contributed by atoms with Crippen LogP contribution in [-0.4, -0.2) is 39.8 Å². The molecule has 0 radical (unpaired) electrons. The predicted octanol–water partition coefficient (Wildman–Crippen LogP) is 3.92. The van der Waals surface area contributed by atoms with E-state index in [4.69, 9.17) is 14.2 Å². The fraction of sp³-hybridized carbons (Fsp3) is 0.348. The van der Waals surface area contributed by atoms with Gasteiger partial charge in [-0.25, -0.2) is 13.6 Å². The number of ether oxygens (including phenoxy) is 3. The first kappa shape index (κ1) is 24.0. The fourth-order valence-corrected chi connectivity index (χ4v) is 4.28. The first-order valence-electron chi connectivity index (χ1n) is 10.8. The molecule has 0 spiro atoms. The lowest BCUT2D eigenvalue weighted by atomic mass is 10.0. The molecule has 1 aromatic carbocycles. The fourth-order valence-electron chi connectivity index (χ4n) is 4.28. The van der Waals surface area contributed by atoms with Crippen LogP contribution in [0, 0.1) is 11.6 Å². The van der Waals surface area contributed by atoms with Crippen molar-refractivity contribution in [3.63, 3.8) is 0 Å². The quantitative estimate of drug-likeness (QED) is 0.482. The van der Waals surface area contributed by atoms with Crippen molar-refractivity contribution in [1.29, 1.82) is 0 Å². The van der Waals surface area contributed by atoms with E-state index in [9.17, 15) is 26.7 Å². The van der Waals surface area contributed by atoms with Gasteiger partial charge in [-0.2, -0.15) is 18.2 Å². The van der Waals surface area contributed by atoms with E-state index in [2.05, 4.69) is 9.97 Å². The highest BCUT2D eigenvalue weighted by Crippen LogP contribution is 2.36. The summed E-state index contributed by atoms with van der Waals surface area (Å²) in [6, 6.07) is 5.01. The van der Waals surface area contributed by atoms with Gasteiger partial charge in [-0.15, -0.1) is 0 Å². The number of hydrogen-bond donors (Lipinski definition) is 0. The van der Waals surface area contributed by atoms with Crippen LogP contribution in [0.15, 0.2) is 41.3 Å². The molecule has 0 aliphatic carbocycles. The highest BCUT2D eigenvalue weighted by atomic mass is 19.4. The molecule has 3 aromatic rings. The molecule has 1 saturated heterocycles. The zero-order valence-electron chi connectivity index (χ0n) is 18.8. The van der Waals surface area contributed by atoms with Crippen molar-refractivity contribution in [2.24, 2.45) is 0 Å². The Bertz CT molecular complexity index is 1360. The Balaban J connectivity index is 1.33. The number of anilines is 1. The second-order valence-corrected chi connectivity index (χ2v) is 8.68. The summed E-state index contributed by atoms with van der Waals surface area (Å²) >= 11 is 0. The molecule has 0 bridgehead atoms. The van der Waals surface area contributed by atoms with Gasteiger partial charge < -0.3 is 19.1 Å². The zero-order valence-corrected chi connectivity index (χ0v) is 18.8. The van der Waals surface area contributed by atoms with Crippen LogP contribution in [0.5, 0.6) is 17.4 Å². The molecule has 2 aliphatic heterocycles. The Kier molecular flexibility index (Phi) is 5.81. The molecule has 0 N–H and O–H groups in total. The van der Waals surface area contributed by atoms with Crippen LogP contribution in [-0.2, 0) is 24.1 Å².